The Hall–Kier alpha value is -4.34. The average Bonchev–Trinajstić information content (AvgIpc) is 3.05. The second-order valence-corrected chi connectivity index (χ2v) is 9.93. The molecule has 10 nitrogen and oxygen atoms in total. The van der Waals surface area contributed by atoms with E-state index in [0.717, 1.165) is 23.3 Å². The van der Waals surface area contributed by atoms with Crippen molar-refractivity contribution in [2.75, 3.05) is 52.5 Å². The Morgan fingerprint density at radius 1 is 0.545 bits per heavy atom. The first-order valence-electron chi connectivity index (χ1n) is 15.5. The zero-order chi connectivity index (χ0) is 32.5. The highest BCUT2D eigenvalue weighted by atomic mass is 16.5. The molecule has 0 radical (unpaired) electrons. The van der Waals surface area contributed by atoms with Gasteiger partial charge in [-0.1, -0.05) is 60.7 Å². The lowest BCUT2D eigenvalue weighted by atomic mass is 10.1. The smallest absolute Gasteiger partial charge is 0.331 e. The lowest BCUT2D eigenvalue weighted by Gasteiger charge is -2.34. The first-order valence-corrected chi connectivity index (χ1v) is 15.5. The van der Waals surface area contributed by atoms with E-state index in [-0.39, 0.29) is 25.3 Å². The maximum atomic E-state index is 13.2. The molecule has 0 aliphatic heterocycles. The number of urea groups is 2. The normalized spacial score (nSPS) is 12.2. The van der Waals surface area contributed by atoms with Gasteiger partial charge in [-0.15, -0.1) is 0 Å². The summed E-state index contributed by atoms with van der Waals surface area (Å²) >= 11 is 0. The monoisotopic (exact) mass is 608 g/mol. The van der Waals surface area contributed by atoms with E-state index in [9.17, 15) is 19.2 Å². The van der Waals surface area contributed by atoms with Crippen LogP contribution in [0.3, 0.4) is 0 Å². The van der Waals surface area contributed by atoms with Crippen molar-refractivity contribution in [2.24, 2.45) is 0 Å². The number of likely N-dealkylation sites (N-methyl/N-ethyl adjacent to an activating group) is 2. The van der Waals surface area contributed by atoms with Gasteiger partial charge in [0.1, 0.15) is 13.2 Å². The minimum absolute atomic E-state index is 0.0852. The molecule has 2 aromatic rings. The van der Waals surface area contributed by atoms with Crippen LogP contribution in [0.5, 0.6) is 0 Å². The topological polar surface area (TPSA) is 99.7 Å². The van der Waals surface area contributed by atoms with Crippen LogP contribution in [-0.4, -0.2) is 96.1 Å². The number of rotatable bonds is 16. The summed E-state index contributed by atoms with van der Waals surface area (Å²) in [6.45, 7) is 14.3. The van der Waals surface area contributed by atoms with Gasteiger partial charge in [-0.25, -0.2) is 19.2 Å². The molecular weight excluding hydrogens is 560 g/mol. The molecule has 0 aromatic heterocycles. The van der Waals surface area contributed by atoms with E-state index in [1.54, 1.807) is 19.6 Å². The third-order valence-corrected chi connectivity index (χ3v) is 7.48. The number of hydrogen-bond donors (Lipinski definition) is 0. The SMILES string of the molecule is CCN(CC)C(=O)N(CC)[C@@H](COC(=O)/C=C/C(=O)OC[C@@H](c1ccccc1)N(CC)C(=O)N(CC)CC)c1ccccc1. The second kappa shape index (κ2) is 19.0. The number of carbonyl (C=O) groups is 4. The molecule has 240 valence electrons. The fraction of sp³-hybridized carbons (Fsp3) is 0.471. The Kier molecular flexibility index (Phi) is 15.5. The van der Waals surface area contributed by atoms with Crippen LogP contribution in [-0.2, 0) is 19.1 Å². The second-order valence-electron chi connectivity index (χ2n) is 9.93. The molecule has 0 aliphatic carbocycles. The lowest BCUT2D eigenvalue weighted by molar-refractivity contribution is -0.142. The van der Waals surface area contributed by atoms with Crippen LogP contribution in [0.2, 0.25) is 0 Å². The van der Waals surface area contributed by atoms with Gasteiger partial charge < -0.3 is 29.1 Å². The van der Waals surface area contributed by atoms with Crippen molar-refractivity contribution in [3.63, 3.8) is 0 Å². The molecule has 2 aromatic carbocycles. The summed E-state index contributed by atoms with van der Waals surface area (Å²) in [5.74, 6) is -1.47. The molecule has 0 saturated carbocycles. The van der Waals surface area contributed by atoms with Crippen molar-refractivity contribution >= 4 is 24.0 Å². The number of carbonyl (C=O) groups excluding carboxylic acids is 4. The number of benzene rings is 2. The summed E-state index contributed by atoms with van der Waals surface area (Å²) in [4.78, 5) is 58.6. The molecule has 0 saturated heterocycles. The molecule has 0 heterocycles. The molecule has 0 aliphatic rings. The number of esters is 2. The van der Waals surface area contributed by atoms with E-state index in [0.29, 0.717) is 39.3 Å². The highest BCUT2D eigenvalue weighted by Crippen LogP contribution is 2.24. The molecule has 0 unspecified atom stereocenters. The fourth-order valence-electron chi connectivity index (χ4n) is 4.97. The molecule has 2 atom stereocenters. The van der Waals surface area contributed by atoms with Gasteiger partial charge in [-0.2, -0.15) is 0 Å². The third-order valence-electron chi connectivity index (χ3n) is 7.48. The fourth-order valence-corrected chi connectivity index (χ4v) is 4.97. The van der Waals surface area contributed by atoms with E-state index in [2.05, 4.69) is 0 Å². The van der Waals surface area contributed by atoms with Crippen molar-refractivity contribution < 1.29 is 28.7 Å². The maximum absolute atomic E-state index is 13.2. The zero-order valence-corrected chi connectivity index (χ0v) is 27.0. The Morgan fingerprint density at radius 3 is 1.14 bits per heavy atom. The molecule has 0 bridgehead atoms. The van der Waals surface area contributed by atoms with Gasteiger partial charge in [0.15, 0.2) is 0 Å². The van der Waals surface area contributed by atoms with Gasteiger partial charge in [0.25, 0.3) is 0 Å². The summed E-state index contributed by atoms with van der Waals surface area (Å²) < 4.78 is 11.0. The average molecular weight is 609 g/mol. The summed E-state index contributed by atoms with van der Waals surface area (Å²) in [6.07, 6.45) is 2.03. The van der Waals surface area contributed by atoms with Gasteiger partial charge >= 0.3 is 24.0 Å². The zero-order valence-electron chi connectivity index (χ0n) is 27.0. The Morgan fingerprint density at radius 2 is 0.864 bits per heavy atom. The van der Waals surface area contributed by atoms with Crippen LogP contribution in [0.15, 0.2) is 72.8 Å². The van der Waals surface area contributed by atoms with E-state index >= 15 is 0 Å². The molecular formula is C34H48N4O6. The number of amides is 4. The van der Waals surface area contributed by atoms with Gasteiger partial charge in [-0.3, -0.25) is 0 Å². The molecule has 10 heteroatoms. The van der Waals surface area contributed by atoms with Crippen LogP contribution < -0.4 is 0 Å². The van der Waals surface area contributed by atoms with E-state index in [1.165, 1.54) is 0 Å². The van der Waals surface area contributed by atoms with Crippen LogP contribution in [0.4, 0.5) is 9.59 Å². The van der Waals surface area contributed by atoms with Gasteiger partial charge in [0.05, 0.1) is 12.1 Å². The summed E-state index contributed by atoms with van der Waals surface area (Å²) in [6, 6.07) is 17.5. The first kappa shape index (κ1) is 35.9. The summed E-state index contributed by atoms with van der Waals surface area (Å²) in [7, 11) is 0. The molecule has 0 fully saturated rings. The molecule has 44 heavy (non-hydrogen) atoms. The molecule has 0 N–H and O–H groups in total. The molecule has 0 spiro atoms. The summed E-state index contributed by atoms with van der Waals surface area (Å²) in [5, 5.41) is 0. The quantitative estimate of drug-likeness (QED) is 0.180. The predicted molar refractivity (Wildman–Crippen MR) is 171 cm³/mol. The van der Waals surface area contributed by atoms with E-state index < -0.39 is 24.0 Å². The predicted octanol–water partition coefficient (Wildman–Crippen LogP) is 5.68. The Bertz CT molecular complexity index is 1110. The van der Waals surface area contributed by atoms with Crippen molar-refractivity contribution in [1.82, 2.24) is 19.6 Å². The van der Waals surface area contributed by atoms with E-state index in [1.807, 2.05) is 102 Å². The summed E-state index contributed by atoms with van der Waals surface area (Å²) in [5.41, 5.74) is 1.66. The molecule has 4 amide bonds. The van der Waals surface area contributed by atoms with Crippen molar-refractivity contribution in [2.45, 2.75) is 53.6 Å². The van der Waals surface area contributed by atoms with Gasteiger partial charge in [-0.05, 0) is 52.7 Å². The Labute approximate surface area is 262 Å². The third kappa shape index (κ3) is 10.1. The largest absolute Gasteiger partial charge is 0.460 e. The highest BCUT2D eigenvalue weighted by molar-refractivity contribution is 5.91. The minimum atomic E-state index is -0.735. The molecule has 2 rings (SSSR count). The lowest BCUT2D eigenvalue weighted by Crippen LogP contribution is -2.46. The van der Waals surface area contributed by atoms with Crippen LogP contribution in [0.25, 0.3) is 0 Å². The van der Waals surface area contributed by atoms with E-state index in [4.69, 9.17) is 9.47 Å². The van der Waals surface area contributed by atoms with Crippen molar-refractivity contribution in [3.05, 3.63) is 83.9 Å². The van der Waals surface area contributed by atoms with Gasteiger partial charge in [0.2, 0.25) is 0 Å². The van der Waals surface area contributed by atoms with Gasteiger partial charge in [0, 0.05) is 51.4 Å². The number of nitrogens with zero attached hydrogens (tertiary/aromatic N) is 4. The van der Waals surface area contributed by atoms with Crippen LogP contribution in [0, 0.1) is 0 Å². The minimum Gasteiger partial charge on any atom is -0.460 e. The van der Waals surface area contributed by atoms with Crippen LogP contribution >= 0.6 is 0 Å². The number of ether oxygens (including phenoxy) is 2. The van der Waals surface area contributed by atoms with Crippen LogP contribution in [0.1, 0.15) is 64.8 Å². The standard InChI is InChI=1S/C34H48N4O6/c1-7-35(8-2)33(41)37(11-5)29(27-19-15-13-16-20-27)25-43-31(39)23-24-32(40)44-26-30(28-21-17-14-18-22-28)38(12-6)34(42)36(9-3)10-4/h13-24,29-30H,7-12,25-26H2,1-6H3/b24-23+/t29-,30-/m0/s1. The number of hydrogen-bond acceptors (Lipinski definition) is 6. The van der Waals surface area contributed by atoms with Crippen molar-refractivity contribution in [1.29, 1.82) is 0 Å². The Balaban J connectivity index is 2.12. The van der Waals surface area contributed by atoms with Crippen molar-refractivity contribution in [3.8, 4) is 0 Å². The first-order chi connectivity index (χ1) is 21.3. The highest BCUT2D eigenvalue weighted by Gasteiger charge is 2.29. The maximum Gasteiger partial charge on any atom is 0.331 e.